The lowest BCUT2D eigenvalue weighted by Gasteiger charge is -2.10. The van der Waals surface area contributed by atoms with Crippen LogP contribution < -0.4 is 10.7 Å². The van der Waals surface area contributed by atoms with Crippen LogP contribution in [0.4, 0.5) is 5.69 Å². The van der Waals surface area contributed by atoms with E-state index in [1.54, 1.807) is 6.20 Å². The average molecular weight is 345 g/mol. The Bertz CT molecular complexity index is 975. The number of benzene rings is 1. The van der Waals surface area contributed by atoms with Crippen LogP contribution in [0.1, 0.15) is 28.7 Å². The average Bonchev–Trinajstić information content (AvgIpc) is 3.13. The van der Waals surface area contributed by atoms with E-state index in [9.17, 15) is 4.79 Å². The van der Waals surface area contributed by atoms with Crippen molar-refractivity contribution < 1.29 is 4.79 Å². The van der Waals surface area contributed by atoms with Crippen LogP contribution in [0.2, 0.25) is 0 Å². The van der Waals surface area contributed by atoms with Gasteiger partial charge in [0.2, 0.25) is 0 Å². The van der Waals surface area contributed by atoms with Crippen LogP contribution in [-0.2, 0) is 6.42 Å². The van der Waals surface area contributed by atoms with E-state index in [0.717, 1.165) is 46.0 Å². The van der Waals surface area contributed by atoms with E-state index in [-0.39, 0.29) is 5.91 Å². The molecule has 4 rings (SSSR count). The van der Waals surface area contributed by atoms with Crippen LogP contribution in [0.5, 0.6) is 0 Å². The Balaban J connectivity index is 1.60. The van der Waals surface area contributed by atoms with E-state index in [1.165, 1.54) is 0 Å². The molecule has 2 aromatic heterocycles. The lowest BCUT2D eigenvalue weighted by molar-refractivity contribution is 0.0946. The summed E-state index contributed by atoms with van der Waals surface area (Å²) >= 11 is 0. The van der Waals surface area contributed by atoms with Gasteiger partial charge in [0.05, 0.1) is 22.7 Å². The number of carbonyl (C=O) groups is 1. The summed E-state index contributed by atoms with van der Waals surface area (Å²) in [6.45, 7) is 2.58. The van der Waals surface area contributed by atoms with E-state index in [1.807, 2.05) is 55.5 Å². The first-order valence-electron chi connectivity index (χ1n) is 8.53. The molecule has 1 amide bonds. The molecule has 0 aliphatic carbocycles. The standard InChI is InChI=1S/C20H19N5O/c1-13(24-25-15-5-3-2-4-6-15)18-11-14(7-9-21-18)19-12-16-17(23-19)8-10-22-20(16)26/h2-7,9,11-12,23,25H,8,10H2,1H3,(H,22,26)/b24-13+. The van der Waals surface area contributed by atoms with Crippen LogP contribution in [0, 0.1) is 0 Å². The van der Waals surface area contributed by atoms with Gasteiger partial charge in [0, 0.05) is 36.1 Å². The third-order valence-corrected chi connectivity index (χ3v) is 4.37. The Kier molecular flexibility index (Phi) is 4.23. The van der Waals surface area contributed by atoms with Crippen LogP contribution in [0.25, 0.3) is 11.3 Å². The number of aromatic nitrogens is 2. The summed E-state index contributed by atoms with van der Waals surface area (Å²) in [4.78, 5) is 19.7. The van der Waals surface area contributed by atoms with Gasteiger partial charge in [0.15, 0.2) is 0 Å². The molecular weight excluding hydrogens is 326 g/mol. The highest BCUT2D eigenvalue weighted by Gasteiger charge is 2.20. The molecule has 0 saturated carbocycles. The smallest absolute Gasteiger partial charge is 0.253 e. The SMILES string of the molecule is C/C(=N\Nc1ccccc1)c1cc(-c2cc3c([nH]2)CCNC3=O)ccn1. The Morgan fingerprint density at radius 3 is 2.85 bits per heavy atom. The zero-order valence-electron chi connectivity index (χ0n) is 14.4. The molecule has 0 fully saturated rings. The van der Waals surface area contributed by atoms with Crippen molar-refractivity contribution in [1.29, 1.82) is 0 Å². The number of fused-ring (bicyclic) bond motifs is 1. The number of carbonyl (C=O) groups excluding carboxylic acids is 1. The maximum absolute atomic E-state index is 12.0. The Labute approximate surface area is 151 Å². The van der Waals surface area contributed by atoms with Crippen LogP contribution in [-0.4, -0.2) is 28.1 Å². The van der Waals surface area contributed by atoms with Crippen molar-refractivity contribution in [1.82, 2.24) is 15.3 Å². The molecule has 0 bridgehead atoms. The molecule has 3 N–H and O–H groups in total. The van der Waals surface area contributed by atoms with Crippen molar-refractivity contribution in [3.8, 4) is 11.3 Å². The van der Waals surface area contributed by atoms with Gasteiger partial charge in [-0.3, -0.25) is 15.2 Å². The summed E-state index contributed by atoms with van der Waals surface area (Å²) in [7, 11) is 0. The number of rotatable bonds is 4. The van der Waals surface area contributed by atoms with Crippen LogP contribution in [0.3, 0.4) is 0 Å². The largest absolute Gasteiger partial charge is 0.358 e. The molecule has 6 nitrogen and oxygen atoms in total. The molecule has 3 aromatic rings. The Hall–Kier alpha value is -3.41. The van der Waals surface area contributed by atoms with E-state index >= 15 is 0 Å². The molecule has 1 aromatic carbocycles. The summed E-state index contributed by atoms with van der Waals surface area (Å²) < 4.78 is 0. The summed E-state index contributed by atoms with van der Waals surface area (Å²) in [5, 5.41) is 7.27. The summed E-state index contributed by atoms with van der Waals surface area (Å²) in [6.07, 6.45) is 2.58. The lowest BCUT2D eigenvalue weighted by atomic mass is 10.1. The number of amides is 1. The second kappa shape index (κ2) is 6.84. The number of pyridine rings is 1. The predicted octanol–water partition coefficient (Wildman–Crippen LogP) is 3.20. The molecule has 0 unspecified atom stereocenters. The van der Waals surface area contributed by atoms with Gasteiger partial charge >= 0.3 is 0 Å². The molecule has 1 aliphatic rings. The van der Waals surface area contributed by atoms with Gasteiger partial charge in [-0.2, -0.15) is 5.10 Å². The van der Waals surface area contributed by atoms with Crippen molar-refractivity contribution in [2.75, 3.05) is 12.0 Å². The highest BCUT2D eigenvalue weighted by atomic mass is 16.1. The Morgan fingerprint density at radius 2 is 2.04 bits per heavy atom. The van der Waals surface area contributed by atoms with Crippen molar-refractivity contribution >= 4 is 17.3 Å². The van der Waals surface area contributed by atoms with Crippen molar-refractivity contribution in [2.45, 2.75) is 13.3 Å². The van der Waals surface area contributed by atoms with Gasteiger partial charge in [-0.1, -0.05) is 18.2 Å². The summed E-state index contributed by atoms with van der Waals surface area (Å²) in [6, 6.07) is 15.6. The molecule has 130 valence electrons. The van der Waals surface area contributed by atoms with E-state index in [2.05, 4.69) is 25.8 Å². The molecule has 1 aliphatic heterocycles. The van der Waals surface area contributed by atoms with Gasteiger partial charge in [-0.25, -0.2) is 0 Å². The van der Waals surface area contributed by atoms with Crippen LogP contribution >= 0.6 is 0 Å². The van der Waals surface area contributed by atoms with Gasteiger partial charge in [-0.15, -0.1) is 0 Å². The molecule has 6 heteroatoms. The molecule has 3 heterocycles. The zero-order valence-corrected chi connectivity index (χ0v) is 14.4. The van der Waals surface area contributed by atoms with E-state index < -0.39 is 0 Å². The highest BCUT2D eigenvalue weighted by molar-refractivity contribution is 5.99. The predicted molar refractivity (Wildman–Crippen MR) is 102 cm³/mol. The highest BCUT2D eigenvalue weighted by Crippen LogP contribution is 2.24. The first kappa shape index (κ1) is 16.1. The second-order valence-electron chi connectivity index (χ2n) is 6.19. The minimum Gasteiger partial charge on any atom is -0.358 e. The fraction of sp³-hybridized carbons (Fsp3) is 0.150. The van der Waals surface area contributed by atoms with Crippen molar-refractivity contribution in [3.05, 3.63) is 71.7 Å². The molecule has 0 spiro atoms. The number of hydrogen-bond donors (Lipinski definition) is 3. The molecule has 0 radical (unpaired) electrons. The van der Waals surface area contributed by atoms with Crippen molar-refractivity contribution in [3.63, 3.8) is 0 Å². The Morgan fingerprint density at radius 1 is 1.19 bits per heavy atom. The summed E-state index contributed by atoms with van der Waals surface area (Å²) in [5.74, 6) is -0.0205. The number of nitrogens with zero attached hydrogens (tertiary/aromatic N) is 2. The number of hydrazone groups is 1. The fourth-order valence-corrected chi connectivity index (χ4v) is 2.96. The number of anilines is 1. The van der Waals surface area contributed by atoms with Crippen molar-refractivity contribution in [2.24, 2.45) is 5.10 Å². The number of nitrogens with one attached hydrogen (secondary N) is 3. The molecule has 0 saturated heterocycles. The van der Waals surface area contributed by atoms with Gasteiger partial charge in [0.25, 0.3) is 5.91 Å². The second-order valence-corrected chi connectivity index (χ2v) is 6.19. The number of para-hydroxylation sites is 1. The topological polar surface area (TPSA) is 82.2 Å². The van der Waals surface area contributed by atoms with Gasteiger partial charge in [-0.05, 0) is 37.3 Å². The molecule has 0 atom stereocenters. The third-order valence-electron chi connectivity index (χ3n) is 4.37. The quantitative estimate of drug-likeness (QED) is 0.502. The first-order valence-corrected chi connectivity index (χ1v) is 8.53. The van der Waals surface area contributed by atoms with Gasteiger partial charge < -0.3 is 10.3 Å². The van der Waals surface area contributed by atoms with E-state index in [0.29, 0.717) is 6.54 Å². The fourth-order valence-electron chi connectivity index (χ4n) is 2.96. The number of aromatic amines is 1. The van der Waals surface area contributed by atoms with E-state index in [4.69, 9.17) is 0 Å². The van der Waals surface area contributed by atoms with Crippen LogP contribution in [0.15, 0.2) is 59.8 Å². The minimum atomic E-state index is -0.0205. The monoisotopic (exact) mass is 345 g/mol. The number of hydrogen-bond acceptors (Lipinski definition) is 4. The normalized spacial score (nSPS) is 13.9. The number of H-pyrrole nitrogens is 1. The first-order chi connectivity index (χ1) is 12.7. The van der Waals surface area contributed by atoms with Gasteiger partial charge in [0.1, 0.15) is 0 Å². The lowest BCUT2D eigenvalue weighted by Crippen LogP contribution is -2.31. The third kappa shape index (κ3) is 3.21. The maximum atomic E-state index is 12.0. The summed E-state index contributed by atoms with van der Waals surface area (Å²) in [5.41, 5.74) is 9.12. The maximum Gasteiger partial charge on any atom is 0.253 e. The zero-order chi connectivity index (χ0) is 17.9. The molecular formula is C20H19N5O. The minimum absolute atomic E-state index is 0.0205. The molecule has 26 heavy (non-hydrogen) atoms.